The number of unbranched alkanes of at least 4 members (excludes halogenated alkanes) is 2. The highest BCUT2D eigenvalue weighted by atomic mass is 16.2. The Balaban J connectivity index is 0.863. The summed E-state index contributed by atoms with van der Waals surface area (Å²) in [5.41, 5.74) is 9.27. The molecule has 1 atom stereocenters. The number of piperidine rings is 2. The average molecular weight is 738 g/mol. The molecular formula is C45H47N5O5. The first kappa shape index (κ1) is 36.4. The highest BCUT2D eigenvalue weighted by molar-refractivity contribution is 6.20. The van der Waals surface area contributed by atoms with Crippen LogP contribution in [-0.4, -0.2) is 58.3 Å². The van der Waals surface area contributed by atoms with E-state index in [4.69, 9.17) is 6.57 Å². The normalized spacial score (nSPS) is 19.3. The Labute approximate surface area is 321 Å². The minimum atomic E-state index is -0.621. The van der Waals surface area contributed by atoms with Crippen molar-refractivity contribution >= 4 is 51.6 Å². The van der Waals surface area contributed by atoms with Crippen LogP contribution >= 0.6 is 0 Å². The molecule has 4 heterocycles. The molecule has 4 aliphatic rings. The summed E-state index contributed by atoms with van der Waals surface area (Å²) >= 11 is 0. The number of nitrogens with one attached hydrogen (secondary N) is 2. The summed E-state index contributed by atoms with van der Waals surface area (Å²) in [6.07, 6.45) is 7.03. The predicted octanol–water partition coefficient (Wildman–Crippen LogP) is 7.50. The van der Waals surface area contributed by atoms with Gasteiger partial charge in [-0.1, -0.05) is 51.5 Å². The SMILES string of the molecule is [C-]#[N+]c1ccc2c3c([nH]c2c1)C(C)(C)c1cc(N2CCC(C(=O)CCCCCc4cccc5c4CN(C4CCC(=O)NC4=O)C5=O)CC2)c(CC)cc1C3=O. The van der Waals surface area contributed by atoms with Crippen molar-refractivity contribution in [1.82, 2.24) is 15.2 Å². The number of aromatic nitrogens is 1. The number of rotatable bonds is 10. The molecule has 10 nitrogen and oxygen atoms in total. The van der Waals surface area contributed by atoms with E-state index in [1.165, 1.54) is 0 Å². The second-order valence-electron chi connectivity index (χ2n) is 16.2. The third-order valence-corrected chi connectivity index (χ3v) is 12.6. The molecule has 3 amide bonds. The van der Waals surface area contributed by atoms with Crippen molar-refractivity contribution in [3.05, 3.63) is 105 Å². The molecule has 1 aromatic heterocycles. The lowest BCUT2D eigenvalue weighted by Crippen LogP contribution is -2.52. The van der Waals surface area contributed by atoms with Gasteiger partial charge in [-0.3, -0.25) is 29.3 Å². The van der Waals surface area contributed by atoms with Gasteiger partial charge >= 0.3 is 0 Å². The minimum absolute atomic E-state index is 0.0240. The number of amides is 3. The largest absolute Gasteiger partial charge is 0.371 e. The molecule has 0 bridgehead atoms. The second kappa shape index (κ2) is 14.3. The van der Waals surface area contributed by atoms with Gasteiger partial charge in [0, 0.05) is 77.2 Å². The molecule has 282 valence electrons. The number of Topliss-reactive ketones (excluding diaryl/α,β-unsaturated/α-hetero) is 1. The number of hydrogen-bond acceptors (Lipinski definition) is 6. The summed E-state index contributed by atoms with van der Waals surface area (Å²) in [6, 6.07) is 15.0. The van der Waals surface area contributed by atoms with Gasteiger partial charge in [0.2, 0.25) is 11.8 Å². The van der Waals surface area contributed by atoms with Crippen LogP contribution in [0.5, 0.6) is 0 Å². The van der Waals surface area contributed by atoms with E-state index in [1.54, 1.807) is 11.0 Å². The van der Waals surface area contributed by atoms with Gasteiger partial charge in [-0.15, -0.1) is 0 Å². The number of carbonyl (C=O) groups excluding carboxylic acids is 5. The summed E-state index contributed by atoms with van der Waals surface area (Å²) in [4.78, 5) is 75.8. The van der Waals surface area contributed by atoms with Crippen molar-refractivity contribution in [3.63, 3.8) is 0 Å². The number of aromatic amines is 1. The lowest BCUT2D eigenvalue weighted by atomic mass is 9.70. The molecule has 2 N–H and O–H groups in total. The lowest BCUT2D eigenvalue weighted by molar-refractivity contribution is -0.137. The molecule has 0 spiro atoms. The zero-order valence-corrected chi connectivity index (χ0v) is 31.8. The first-order chi connectivity index (χ1) is 26.5. The van der Waals surface area contributed by atoms with Gasteiger partial charge in [-0.05, 0) is 91.5 Å². The number of H-pyrrole nitrogens is 1. The monoisotopic (exact) mass is 737 g/mol. The van der Waals surface area contributed by atoms with E-state index in [0.717, 1.165) is 108 Å². The predicted molar refractivity (Wildman–Crippen MR) is 211 cm³/mol. The van der Waals surface area contributed by atoms with Crippen LogP contribution in [0, 0.1) is 12.5 Å². The van der Waals surface area contributed by atoms with Crippen LogP contribution in [0.25, 0.3) is 15.7 Å². The van der Waals surface area contributed by atoms with Gasteiger partial charge in [0.15, 0.2) is 11.5 Å². The summed E-state index contributed by atoms with van der Waals surface area (Å²) < 4.78 is 0. The van der Waals surface area contributed by atoms with Crippen molar-refractivity contribution < 1.29 is 24.0 Å². The van der Waals surface area contributed by atoms with Gasteiger partial charge in [-0.2, -0.15) is 0 Å². The molecule has 0 saturated carbocycles. The maximum Gasteiger partial charge on any atom is 0.255 e. The van der Waals surface area contributed by atoms with E-state index < -0.39 is 17.4 Å². The smallest absolute Gasteiger partial charge is 0.255 e. The second-order valence-corrected chi connectivity index (χ2v) is 16.2. The highest BCUT2D eigenvalue weighted by Crippen LogP contribution is 2.46. The summed E-state index contributed by atoms with van der Waals surface area (Å²) in [5.74, 6) is -0.431. The quantitative estimate of drug-likeness (QED) is 0.0988. The number of anilines is 1. The maximum atomic E-state index is 14.1. The fourth-order valence-corrected chi connectivity index (χ4v) is 9.47. The number of aryl methyl sites for hydroxylation is 2. The van der Waals surface area contributed by atoms with Crippen LogP contribution in [0.1, 0.15) is 126 Å². The maximum absolute atomic E-state index is 14.1. The molecule has 1 aliphatic carbocycles. The van der Waals surface area contributed by atoms with Crippen LogP contribution in [-0.2, 0) is 39.2 Å². The van der Waals surface area contributed by atoms with Gasteiger partial charge in [-0.25, -0.2) is 4.85 Å². The number of nitrogens with zero attached hydrogens (tertiary/aromatic N) is 3. The number of hydrogen-bond donors (Lipinski definition) is 2. The van der Waals surface area contributed by atoms with E-state index >= 15 is 0 Å². The van der Waals surface area contributed by atoms with Gasteiger partial charge < -0.3 is 14.8 Å². The van der Waals surface area contributed by atoms with Gasteiger partial charge in [0.05, 0.1) is 12.1 Å². The zero-order chi connectivity index (χ0) is 38.6. The Bertz CT molecular complexity index is 2320. The standard InChI is InChI=1S/C45H47N5O5/c1-5-26-22-32-34(45(2,3)42-40(41(32)53)31-15-14-29(46-4)23-35(31)47-42)24-37(26)49-20-18-28(19-21-49)38(51)13-8-6-7-10-27-11-9-12-30-33(27)25-50(44(30)55)36-16-17-39(52)48-43(36)54/h9,11-12,14-15,22-24,28,36,47H,5-8,10,13,16-21,25H2,1-3H3,(H,48,52,54). The molecule has 2 saturated heterocycles. The van der Waals surface area contributed by atoms with Crippen LogP contribution in [0.3, 0.4) is 0 Å². The highest BCUT2D eigenvalue weighted by Gasteiger charge is 2.42. The molecule has 1 unspecified atom stereocenters. The van der Waals surface area contributed by atoms with Crippen LogP contribution in [0.15, 0.2) is 48.5 Å². The van der Waals surface area contributed by atoms with Crippen LogP contribution in [0.2, 0.25) is 0 Å². The summed E-state index contributed by atoms with van der Waals surface area (Å²) in [5, 5.41) is 3.23. The van der Waals surface area contributed by atoms with Crippen molar-refractivity contribution in [3.8, 4) is 0 Å². The van der Waals surface area contributed by atoms with E-state index in [-0.39, 0.29) is 29.9 Å². The van der Waals surface area contributed by atoms with E-state index in [9.17, 15) is 24.0 Å². The molecule has 2 fully saturated rings. The molecule has 4 aromatic rings. The average Bonchev–Trinajstić information content (AvgIpc) is 3.75. The molecule has 0 radical (unpaired) electrons. The van der Waals surface area contributed by atoms with Crippen LogP contribution in [0.4, 0.5) is 11.4 Å². The first-order valence-electron chi connectivity index (χ1n) is 19.8. The Morgan fingerprint density at radius 2 is 1.75 bits per heavy atom. The zero-order valence-electron chi connectivity index (χ0n) is 31.8. The number of benzene rings is 3. The molecule has 55 heavy (non-hydrogen) atoms. The van der Waals surface area contributed by atoms with E-state index in [0.29, 0.717) is 42.0 Å². The molecular weight excluding hydrogens is 691 g/mol. The fraction of sp³-hybridized carbons (Fsp3) is 0.422. The molecule has 3 aliphatic heterocycles. The molecule has 8 rings (SSSR count). The summed E-state index contributed by atoms with van der Waals surface area (Å²) in [7, 11) is 0. The third-order valence-electron chi connectivity index (χ3n) is 12.6. The summed E-state index contributed by atoms with van der Waals surface area (Å²) in [6.45, 7) is 15.9. The first-order valence-corrected chi connectivity index (χ1v) is 19.8. The Morgan fingerprint density at radius 3 is 2.49 bits per heavy atom. The van der Waals surface area contributed by atoms with Crippen LogP contribution < -0.4 is 10.2 Å². The van der Waals surface area contributed by atoms with E-state index in [1.807, 2.05) is 24.3 Å². The van der Waals surface area contributed by atoms with Crippen molar-refractivity contribution in [2.24, 2.45) is 5.92 Å². The van der Waals surface area contributed by atoms with Gasteiger partial charge in [0.1, 0.15) is 11.8 Å². The minimum Gasteiger partial charge on any atom is -0.371 e. The van der Waals surface area contributed by atoms with Gasteiger partial charge in [0.25, 0.3) is 5.91 Å². The van der Waals surface area contributed by atoms with Crippen molar-refractivity contribution in [1.29, 1.82) is 0 Å². The number of ketones is 2. The van der Waals surface area contributed by atoms with E-state index in [2.05, 4.69) is 59.0 Å². The molecule has 10 heteroatoms. The van der Waals surface area contributed by atoms with Crippen molar-refractivity contribution in [2.45, 2.75) is 103 Å². The van der Waals surface area contributed by atoms with Crippen molar-refractivity contribution in [2.75, 3.05) is 18.0 Å². The Kier molecular flexibility index (Phi) is 9.44. The topological polar surface area (TPSA) is 124 Å². The fourth-order valence-electron chi connectivity index (χ4n) is 9.47. The number of imide groups is 1. The molecule has 3 aromatic carbocycles. The number of carbonyl (C=O) groups is 5. The Morgan fingerprint density at radius 1 is 0.945 bits per heavy atom. The third kappa shape index (κ3) is 6.33. The Hall–Kier alpha value is -5.56. The number of fused-ring (bicyclic) bond motifs is 5. The lowest BCUT2D eigenvalue weighted by Gasteiger charge is -2.37.